The zero-order valence-electron chi connectivity index (χ0n) is 10.0. The summed E-state index contributed by atoms with van der Waals surface area (Å²) in [5, 5.41) is 10.5. The van der Waals surface area contributed by atoms with E-state index in [-0.39, 0.29) is 11.6 Å². The van der Waals surface area contributed by atoms with Gasteiger partial charge in [-0.15, -0.1) is 0 Å². The smallest absolute Gasteiger partial charge is 0.269 e. The van der Waals surface area contributed by atoms with Gasteiger partial charge in [-0.2, -0.15) is 0 Å². The average Bonchev–Trinajstić information content (AvgIpc) is 2.76. The summed E-state index contributed by atoms with van der Waals surface area (Å²) in [6, 6.07) is 5.98. The van der Waals surface area contributed by atoms with E-state index in [4.69, 9.17) is 4.74 Å². The number of ketones is 1. The molecule has 1 fully saturated rings. The van der Waals surface area contributed by atoms with Gasteiger partial charge in [-0.3, -0.25) is 14.9 Å². The minimum atomic E-state index is -0.443. The second kappa shape index (κ2) is 5.62. The van der Waals surface area contributed by atoms with Gasteiger partial charge in [0.1, 0.15) is 11.5 Å². The van der Waals surface area contributed by atoms with E-state index in [1.165, 1.54) is 12.1 Å². The van der Waals surface area contributed by atoms with Crippen LogP contribution in [0.25, 0.3) is 0 Å². The first-order chi connectivity index (χ1) is 8.66. The molecule has 1 aliphatic carbocycles. The van der Waals surface area contributed by atoms with Gasteiger partial charge in [0.05, 0.1) is 11.5 Å². The SMILES string of the molecule is O=C1CCCC1CCOc1ccc([N+](=O)[O-])cc1. The van der Waals surface area contributed by atoms with Crippen LogP contribution in [0.15, 0.2) is 24.3 Å². The summed E-state index contributed by atoms with van der Waals surface area (Å²) in [4.78, 5) is 21.4. The van der Waals surface area contributed by atoms with E-state index >= 15 is 0 Å². The maximum atomic E-state index is 11.4. The van der Waals surface area contributed by atoms with Crippen LogP contribution in [0.5, 0.6) is 5.75 Å². The lowest BCUT2D eigenvalue weighted by Crippen LogP contribution is -2.11. The fraction of sp³-hybridized carbons (Fsp3) is 0.462. The van der Waals surface area contributed by atoms with E-state index in [0.29, 0.717) is 24.6 Å². The Morgan fingerprint density at radius 1 is 1.33 bits per heavy atom. The molecule has 96 valence electrons. The highest BCUT2D eigenvalue weighted by atomic mass is 16.6. The standard InChI is InChI=1S/C13H15NO4/c15-13-3-1-2-10(13)8-9-18-12-6-4-11(5-7-12)14(16)17/h4-7,10H,1-3,8-9H2. The van der Waals surface area contributed by atoms with Crippen molar-refractivity contribution in [1.82, 2.24) is 0 Å². The molecule has 0 N–H and O–H groups in total. The van der Waals surface area contributed by atoms with E-state index < -0.39 is 4.92 Å². The molecule has 0 spiro atoms. The molecule has 0 aliphatic heterocycles. The number of nitrogens with zero attached hydrogens (tertiary/aromatic N) is 1. The third kappa shape index (κ3) is 3.06. The van der Waals surface area contributed by atoms with E-state index in [1.54, 1.807) is 12.1 Å². The number of nitro benzene ring substituents is 1. The van der Waals surface area contributed by atoms with Crippen LogP contribution < -0.4 is 4.74 Å². The fourth-order valence-electron chi connectivity index (χ4n) is 2.18. The van der Waals surface area contributed by atoms with Crippen LogP contribution in [0.3, 0.4) is 0 Å². The summed E-state index contributed by atoms with van der Waals surface area (Å²) >= 11 is 0. The number of non-ortho nitro benzene ring substituents is 1. The van der Waals surface area contributed by atoms with Gasteiger partial charge in [-0.1, -0.05) is 0 Å². The Morgan fingerprint density at radius 3 is 2.61 bits per heavy atom. The van der Waals surface area contributed by atoms with Crippen molar-refractivity contribution in [3.63, 3.8) is 0 Å². The number of rotatable bonds is 5. The fourth-order valence-corrected chi connectivity index (χ4v) is 2.18. The molecular formula is C13H15NO4. The average molecular weight is 249 g/mol. The highest BCUT2D eigenvalue weighted by Crippen LogP contribution is 2.24. The van der Waals surface area contributed by atoms with Crippen molar-refractivity contribution in [2.45, 2.75) is 25.7 Å². The molecule has 0 heterocycles. The summed E-state index contributed by atoms with van der Waals surface area (Å²) < 4.78 is 5.48. The van der Waals surface area contributed by atoms with Gasteiger partial charge in [0.25, 0.3) is 5.69 Å². The first kappa shape index (κ1) is 12.5. The minimum absolute atomic E-state index is 0.0494. The lowest BCUT2D eigenvalue weighted by atomic mass is 10.0. The van der Waals surface area contributed by atoms with Crippen LogP contribution in [0, 0.1) is 16.0 Å². The Bertz CT molecular complexity index is 441. The molecule has 1 atom stereocenters. The van der Waals surface area contributed by atoms with Crippen molar-refractivity contribution >= 4 is 11.5 Å². The van der Waals surface area contributed by atoms with Crippen molar-refractivity contribution in [1.29, 1.82) is 0 Å². The summed E-state index contributed by atoms with van der Waals surface area (Å²) in [7, 11) is 0. The quantitative estimate of drug-likeness (QED) is 0.594. The first-order valence-corrected chi connectivity index (χ1v) is 6.07. The van der Waals surface area contributed by atoms with Gasteiger partial charge >= 0.3 is 0 Å². The lowest BCUT2D eigenvalue weighted by molar-refractivity contribution is -0.384. The molecule has 5 nitrogen and oxygen atoms in total. The number of hydrogen-bond acceptors (Lipinski definition) is 4. The molecule has 1 aliphatic rings. The zero-order valence-corrected chi connectivity index (χ0v) is 10.0. The Hall–Kier alpha value is -1.91. The van der Waals surface area contributed by atoms with Crippen molar-refractivity contribution < 1.29 is 14.5 Å². The number of carbonyl (C=O) groups excluding carboxylic acids is 1. The predicted octanol–water partition coefficient (Wildman–Crippen LogP) is 2.73. The highest BCUT2D eigenvalue weighted by molar-refractivity contribution is 5.82. The molecule has 1 aromatic carbocycles. The Labute approximate surface area is 105 Å². The van der Waals surface area contributed by atoms with Crippen LogP contribution in [0.1, 0.15) is 25.7 Å². The first-order valence-electron chi connectivity index (χ1n) is 6.07. The van der Waals surface area contributed by atoms with Gasteiger partial charge in [-0.25, -0.2) is 0 Å². The van der Waals surface area contributed by atoms with Crippen molar-refractivity contribution in [2.75, 3.05) is 6.61 Å². The van der Waals surface area contributed by atoms with Crippen LogP contribution in [0.2, 0.25) is 0 Å². The van der Waals surface area contributed by atoms with E-state index in [2.05, 4.69) is 0 Å². The number of hydrogen-bond donors (Lipinski definition) is 0. The van der Waals surface area contributed by atoms with Crippen molar-refractivity contribution in [2.24, 2.45) is 5.92 Å². The summed E-state index contributed by atoms with van der Waals surface area (Å²) in [5.41, 5.74) is 0.0494. The summed E-state index contributed by atoms with van der Waals surface area (Å²) in [6.07, 6.45) is 3.38. The Kier molecular flexibility index (Phi) is 3.92. The molecule has 1 aromatic rings. The highest BCUT2D eigenvalue weighted by Gasteiger charge is 2.23. The molecule has 0 saturated heterocycles. The second-order valence-electron chi connectivity index (χ2n) is 4.44. The topological polar surface area (TPSA) is 69.4 Å². The van der Waals surface area contributed by atoms with Gasteiger partial charge < -0.3 is 4.74 Å². The monoisotopic (exact) mass is 249 g/mol. The molecule has 1 unspecified atom stereocenters. The zero-order chi connectivity index (χ0) is 13.0. The number of benzene rings is 1. The maximum absolute atomic E-state index is 11.4. The predicted molar refractivity (Wildman–Crippen MR) is 65.6 cm³/mol. The van der Waals surface area contributed by atoms with Crippen LogP contribution in [-0.2, 0) is 4.79 Å². The molecule has 1 saturated carbocycles. The number of Topliss-reactive ketones (excluding diaryl/α,β-unsaturated/α-hetero) is 1. The van der Waals surface area contributed by atoms with Gasteiger partial charge in [0.2, 0.25) is 0 Å². The largest absolute Gasteiger partial charge is 0.494 e. The Morgan fingerprint density at radius 2 is 2.06 bits per heavy atom. The molecular weight excluding hydrogens is 234 g/mol. The summed E-state index contributed by atoms with van der Waals surface area (Å²) in [5.74, 6) is 1.08. The maximum Gasteiger partial charge on any atom is 0.269 e. The normalized spacial score (nSPS) is 18.9. The van der Waals surface area contributed by atoms with E-state index in [9.17, 15) is 14.9 Å². The van der Waals surface area contributed by atoms with Crippen molar-refractivity contribution in [3.05, 3.63) is 34.4 Å². The molecule has 0 aromatic heterocycles. The van der Waals surface area contributed by atoms with Crippen LogP contribution >= 0.6 is 0 Å². The van der Waals surface area contributed by atoms with Gasteiger partial charge in [0.15, 0.2) is 0 Å². The number of carbonyl (C=O) groups is 1. The molecule has 0 amide bonds. The number of ether oxygens (including phenoxy) is 1. The van der Waals surface area contributed by atoms with E-state index in [1.807, 2.05) is 0 Å². The molecule has 0 bridgehead atoms. The van der Waals surface area contributed by atoms with Crippen molar-refractivity contribution in [3.8, 4) is 5.75 Å². The molecule has 18 heavy (non-hydrogen) atoms. The minimum Gasteiger partial charge on any atom is -0.494 e. The third-order valence-electron chi connectivity index (χ3n) is 3.21. The van der Waals surface area contributed by atoms with Crippen LogP contribution in [-0.4, -0.2) is 17.3 Å². The van der Waals surface area contributed by atoms with Gasteiger partial charge in [0, 0.05) is 24.5 Å². The molecule has 0 radical (unpaired) electrons. The molecule has 5 heteroatoms. The van der Waals surface area contributed by atoms with E-state index in [0.717, 1.165) is 19.3 Å². The van der Waals surface area contributed by atoms with Gasteiger partial charge in [-0.05, 0) is 31.4 Å². The molecule has 2 rings (SSSR count). The summed E-state index contributed by atoms with van der Waals surface area (Å²) in [6.45, 7) is 0.480. The Balaban J connectivity index is 1.79. The third-order valence-corrected chi connectivity index (χ3v) is 3.21. The number of nitro groups is 1. The lowest BCUT2D eigenvalue weighted by Gasteiger charge is -2.09. The second-order valence-corrected chi connectivity index (χ2v) is 4.44. The van der Waals surface area contributed by atoms with Crippen LogP contribution in [0.4, 0.5) is 5.69 Å².